The van der Waals surface area contributed by atoms with Gasteiger partial charge in [-0.05, 0) is 71.4 Å². The first-order valence-electron chi connectivity index (χ1n) is 29.5. The van der Waals surface area contributed by atoms with Gasteiger partial charge in [0.15, 0.2) is 0 Å². The largest absolute Gasteiger partial charge is 0.508 e. The monoisotopic (exact) mass is 1390 g/mol. The smallest absolute Gasteiger partial charge is 0.465 e. The number of halogens is 4. The van der Waals surface area contributed by atoms with Crippen molar-refractivity contribution in [3.05, 3.63) is 71.8 Å². The zero-order valence-corrected chi connectivity index (χ0v) is 56.8. The average molecular weight is 1400 g/mol. The van der Waals surface area contributed by atoms with Crippen molar-refractivity contribution in [1.82, 2.24) is 0 Å². The molecule has 0 aromatic heterocycles. The summed E-state index contributed by atoms with van der Waals surface area (Å²) < 4.78 is 72.2. The maximum Gasteiger partial charge on any atom is 0.508 e. The maximum atomic E-state index is 13.3. The first-order chi connectivity index (χ1) is 43.9. The molecule has 1 saturated heterocycles. The zero-order chi connectivity index (χ0) is 71.1. The van der Waals surface area contributed by atoms with Crippen LogP contribution in [0.2, 0.25) is 0 Å². The highest BCUT2D eigenvalue weighted by Crippen LogP contribution is 2.27. The number of ketones is 1. The number of rotatable bonds is 35. The third-order valence-corrected chi connectivity index (χ3v) is 13.0. The van der Waals surface area contributed by atoms with Gasteiger partial charge in [0.05, 0.1) is 40.3 Å². The van der Waals surface area contributed by atoms with E-state index in [4.69, 9.17) is 110 Å². The number of alkyl halides is 4. The van der Waals surface area contributed by atoms with Gasteiger partial charge in [-0.25, -0.2) is 14.4 Å². The van der Waals surface area contributed by atoms with Gasteiger partial charge in [0, 0.05) is 37.9 Å². The summed E-state index contributed by atoms with van der Waals surface area (Å²) in [6.07, 6.45) is -0.904. The van der Waals surface area contributed by atoms with Crippen molar-refractivity contribution in [1.29, 1.82) is 0 Å². The molecule has 2 N–H and O–H groups in total. The van der Waals surface area contributed by atoms with Crippen LogP contribution in [-0.4, -0.2) is 186 Å². The van der Waals surface area contributed by atoms with E-state index >= 15 is 0 Å². The fraction of sp³-hybridized carbons (Fsp3) is 0.629. The molecule has 1 aliphatic rings. The van der Waals surface area contributed by atoms with Gasteiger partial charge in [-0.1, -0.05) is 81.4 Å². The molecule has 30 heteroatoms. The minimum atomic E-state index is -1.84. The molecular formula is C62H90Cl4O26. The van der Waals surface area contributed by atoms with Gasteiger partial charge >= 0.3 is 60.3 Å². The second-order valence-electron chi connectivity index (χ2n) is 21.1. The average Bonchev–Trinajstić information content (AvgIpc) is 1.19. The summed E-state index contributed by atoms with van der Waals surface area (Å²) in [6, 6.07) is 17.9. The van der Waals surface area contributed by atoms with E-state index in [2.05, 4.69) is 9.47 Å². The van der Waals surface area contributed by atoms with E-state index in [-0.39, 0.29) is 63.8 Å². The number of esters is 7. The van der Waals surface area contributed by atoms with Crippen molar-refractivity contribution in [3.8, 4) is 0 Å². The van der Waals surface area contributed by atoms with Crippen LogP contribution in [0.1, 0.15) is 114 Å². The molecule has 0 saturated carbocycles. The summed E-state index contributed by atoms with van der Waals surface area (Å²) in [5.41, 5.74) is -5.71. The fourth-order valence-corrected chi connectivity index (χ4v) is 6.49. The Hall–Kier alpha value is -6.71. The van der Waals surface area contributed by atoms with Crippen LogP contribution in [-0.2, 0) is 113 Å². The predicted molar refractivity (Wildman–Crippen MR) is 333 cm³/mol. The lowest BCUT2D eigenvalue weighted by atomic mass is 9.93. The lowest BCUT2D eigenvalue weighted by Gasteiger charge is -2.29. The Kier molecular flexibility index (Phi) is 45.4. The van der Waals surface area contributed by atoms with Gasteiger partial charge in [-0.3, -0.25) is 38.4 Å². The van der Waals surface area contributed by atoms with Crippen LogP contribution >= 0.6 is 46.4 Å². The number of aliphatic hydroxyl groups is 2. The molecule has 3 atom stereocenters. The molecule has 1 heterocycles. The number of aliphatic hydroxyl groups excluding tert-OH is 2. The van der Waals surface area contributed by atoms with E-state index in [1.54, 1.807) is 37.3 Å². The topological polar surface area (TPSA) is 348 Å². The standard InChI is InChI=1S/C34H46Cl2O16.C12H16O4.C9H13ClO5.C5H9ClO.C2H6/c1-24(37)47-18-32(3,27(39)44-15-9-13-35)20-49-30(42)51-22-34(5,29(41)46-17-26-11-7-6-8-12-26)23-52-31(43)50-21-33(4,19-48-25(2)38)28(40)45-16-10-14-36;1-12(8-13,9-14)11(15)16-7-10-5-3-2-4-6-10;1-9(5-14-8(12)15-6-9)7(11)13-4-2-3-10;1-2-3-5(7)4-6;1-2/h6-8,11-12H,9-10,13-23H2,1-5H3;2-6,13-14H,7-9H2,1H3;2-6H2,1H3;2-4H2,1H3;1-2H3/i;;;4T;. The van der Waals surface area contributed by atoms with Crippen molar-refractivity contribution in [2.24, 2.45) is 27.1 Å². The van der Waals surface area contributed by atoms with E-state index in [0.29, 0.717) is 37.1 Å². The fourth-order valence-electron chi connectivity index (χ4n) is 6.05. The Bertz CT molecular complexity index is 2480. The molecule has 2 aromatic rings. The zero-order valence-electron chi connectivity index (χ0n) is 54.8. The summed E-state index contributed by atoms with van der Waals surface area (Å²) in [6.45, 7) is 10.7. The van der Waals surface area contributed by atoms with Gasteiger partial charge in [-0.15, -0.1) is 46.4 Å². The third-order valence-electron chi connectivity index (χ3n) is 12.0. The second-order valence-corrected chi connectivity index (χ2v) is 22.5. The lowest BCUT2D eigenvalue weighted by molar-refractivity contribution is -0.167. The van der Waals surface area contributed by atoms with Gasteiger partial charge in [0.25, 0.3) is 0 Å². The molecule has 1 fully saturated rings. The predicted octanol–water partition coefficient (Wildman–Crippen LogP) is 9.20. The number of ether oxygens (including phenoxy) is 13. The number of cyclic esters (lactones) is 2. The molecule has 92 heavy (non-hydrogen) atoms. The number of carbonyl (C=O) groups is 11. The summed E-state index contributed by atoms with van der Waals surface area (Å²) in [5.74, 6) is -5.36. The molecule has 1 aliphatic heterocycles. The Labute approximate surface area is 558 Å². The molecule has 0 bridgehead atoms. The van der Waals surface area contributed by atoms with Crippen LogP contribution in [0.15, 0.2) is 60.7 Å². The minimum absolute atomic E-state index is 0.00839. The summed E-state index contributed by atoms with van der Waals surface area (Å²) in [7, 11) is 0. The molecule has 0 amide bonds. The summed E-state index contributed by atoms with van der Waals surface area (Å²) in [4.78, 5) is 131. The Balaban J connectivity index is 0. The molecular weight excluding hydrogens is 1300 g/mol. The van der Waals surface area contributed by atoms with Crippen LogP contribution in [0.5, 0.6) is 0 Å². The van der Waals surface area contributed by atoms with Crippen molar-refractivity contribution < 1.29 is 126 Å². The SMILES string of the molecule is CC.CC(=O)OCC(C)(COC(=O)OCC(C)(COC(=O)OCC(C)(COC(C)=O)C(=O)OCCCCl)C(=O)OCc1ccccc1)C(=O)OCCCCl.CC(CO)(CO)C(=O)OCc1ccccc1.CC1(C(=O)OCCCCl)COC(=O)OC1.[3H]C(Cl)C(=O)CCC. The van der Waals surface area contributed by atoms with Crippen LogP contribution in [0.25, 0.3) is 0 Å². The highest BCUT2D eigenvalue weighted by molar-refractivity contribution is 6.27. The lowest BCUT2D eigenvalue weighted by Crippen LogP contribution is -2.44. The van der Waals surface area contributed by atoms with Gasteiger partial charge < -0.3 is 71.8 Å². The number of benzene rings is 2. The maximum absolute atomic E-state index is 13.3. The quantitative estimate of drug-likeness (QED) is 0.0281. The molecule has 522 valence electrons. The molecule has 2 aromatic carbocycles. The number of hydrogen-bond donors (Lipinski definition) is 2. The molecule has 26 nitrogen and oxygen atoms in total. The highest BCUT2D eigenvalue weighted by Gasteiger charge is 2.44. The Morgan fingerprint density at radius 1 is 0.511 bits per heavy atom. The van der Waals surface area contributed by atoms with E-state index in [0.717, 1.165) is 25.8 Å². The third kappa shape index (κ3) is 37.1. The van der Waals surface area contributed by atoms with E-state index in [9.17, 15) is 52.7 Å². The number of Topliss-reactive ketones (excluding diaryl/α,β-unsaturated/α-hetero) is 1. The summed E-state index contributed by atoms with van der Waals surface area (Å²) in [5, 5.41) is 18.0. The highest BCUT2D eigenvalue weighted by atomic mass is 35.5. The molecule has 3 unspecified atom stereocenters. The minimum Gasteiger partial charge on any atom is -0.465 e. The first kappa shape index (κ1) is 85.3. The van der Waals surface area contributed by atoms with E-state index in [1.807, 2.05) is 51.1 Å². The van der Waals surface area contributed by atoms with Crippen LogP contribution in [0.4, 0.5) is 14.4 Å². The van der Waals surface area contributed by atoms with Gasteiger partial charge in [0.2, 0.25) is 0 Å². The molecule has 0 aliphatic carbocycles. The molecule has 0 spiro atoms. The van der Waals surface area contributed by atoms with Crippen LogP contribution < -0.4 is 0 Å². The van der Waals surface area contributed by atoms with Gasteiger partial charge in [-0.2, -0.15) is 0 Å². The summed E-state index contributed by atoms with van der Waals surface area (Å²) >= 11 is 21.8. The van der Waals surface area contributed by atoms with E-state index in [1.165, 1.54) is 27.7 Å². The molecule has 0 radical (unpaired) electrons. The second kappa shape index (κ2) is 49.0. The normalized spacial score (nSPS) is 14.3. The number of hydrogen-bond acceptors (Lipinski definition) is 26. The first-order valence-corrected chi connectivity index (χ1v) is 31.0. The van der Waals surface area contributed by atoms with Crippen LogP contribution in [0.3, 0.4) is 0 Å². The van der Waals surface area contributed by atoms with Crippen molar-refractivity contribution in [3.63, 3.8) is 0 Å². The van der Waals surface area contributed by atoms with Crippen molar-refractivity contribution in [2.75, 3.05) is 109 Å². The van der Waals surface area contributed by atoms with Gasteiger partial charge in [0.1, 0.15) is 98.9 Å². The van der Waals surface area contributed by atoms with Crippen LogP contribution in [0, 0.1) is 27.1 Å². The van der Waals surface area contributed by atoms with Crippen molar-refractivity contribution >= 4 is 112 Å². The van der Waals surface area contributed by atoms with Crippen molar-refractivity contribution in [2.45, 2.75) is 115 Å². The Morgan fingerprint density at radius 3 is 1.12 bits per heavy atom. The molecule has 3 rings (SSSR count). The number of carbonyl (C=O) groups excluding carboxylic acids is 11. The van der Waals surface area contributed by atoms with E-state index < -0.39 is 146 Å². The Morgan fingerprint density at radius 2 is 0.826 bits per heavy atom.